The zero-order valence-corrected chi connectivity index (χ0v) is 15.7. The van der Waals surface area contributed by atoms with E-state index in [4.69, 9.17) is 5.73 Å². The molecule has 2 atom stereocenters. The second kappa shape index (κ2) is 7.43. The number of carbonyl (C=O) groups excluding carboxylic acids is 1. The number of nitrogens with two attached hydrogens (primary N) is 1. The molecule has 1 fully saturated rings. The van der Waals surface area contributed by atoms with Crippen LogP contribution in [0.5, 0.6) is 0 Å². The van der Waals surface area contributed by atoms with E-state index in [9.17, 15) is 4.79 Å². The Morgan fingerprint density at radius 3 is 2.78 bits per heavy atom. The van der Waals surface area contributed by atoms with Gasteiger partial charge in [-0.2, -0.15) is 0 Å². The minimum atomic E-state index is 0.0512. The van der Waals surface area contributed by atoms with Crippen LogP contribution >= 0.6 is 0 Å². The summed E-state index contributed by atoms with van der Waals surface area (Å²) >= 11 is 0. The zero-order valence-electron chi connectivity index (χ0n) is 15.7. The van der Waals surface area contributed by atoms with E-state index in [1.54, 1.807) is 0 Å². The maximum atomic E-state index is 12.2. The molecule has 1 saturated heterocycles. The lowest BCUT2D eigenvalue weighted by Gasteiger charge is -2.24. The Kier molecular flexibility index (Phi) is 4.84. The predicted molar refractivity (Wildman–Crippen MR) is 109 cm³/mol. The smallest absolute Gasteiger partial charge is 0.223 e. The van der Waals surface area contributed by atoms with Gasteiger partial charge in [-0.05, 0) is 48.1 Å². The van der Waals surface area contributed by atoms with Crippen molar-refractivity contribution < 1.29 is 4.79 Å². The average Bonchev–Trinajstić information content (AvgIpc) is 3.25. The molecule has 1 aliphatic heterocycles. The highest BCUT2D eigenvalue weighted by atomic mass is 16.2. The van der Waals surface area contributed by atoms with Gasteiger partial charge in [-0.3, -0.25) is 9.79 Å². The van der Waals surface area contributed by atoms with Crippen LogP contribution in [0.2, 0.25) is 0 Å². The maximum absolute atomic E-state index is 12.2. The van der Waals surface area contributed by atoms with Crippen LogP contribution < -0.4 is 11.1 Å². The zero-order chi connectivity index (χ0) is 18.8. The van der Waals surface area contributed by atoms with Crippen LogP contribution in [-0.4, -0.2) is 30.4 Å². The minimum absolute atomic E-state index is 0.0512. The molecular formula is C22H26N4O. The van der Waals surface area contributed by atoms with Gasteiger partial charge >= 0.3 is 0 Å². The van der Waals surface area contributed by atoms with Crippen molar-refractivity contribution in [1.29, 1.82) is 0 Å². The second-order valence-electron chi connectivity index (χ2n) is 7.51. The Labute approximate surface area is 160 Å². The fraction of sp³-hybridized carbons (Fsp3) is 0.364. The molecule has 1 aliphatic carbocycles. The summed E-state index contributed by atoms with van der Waals surface area (Å²) in [6, 6.07) is 16.6. The standard InChI is InChI=1S/C22H26N4O/c1-26-20(27)13-18(21(26)16-6-3-2-4-7-16)14-24-22(23)25-19-11-10-15-8-5-9-17(15)12-19/h2-4,6-7,10-12,18,21H,5,8-9,13-14H2,1H3,(H3,23,24,25). The molecule has 1 amide bonds. The molecule has 4 rings (SSSR count). The van der Waals surface area contributed by atoms with Crippen LogP contribution in [-0.2, 0) is 17.6 Å². The molecule has 2 aromatic carbocycles. The van der Waals surface area contributed by atoms with Gasteiger partial charge in [0.1, 0.15) is 0 Å². The van der Waals surface area contributed by atoms with Crippen molar-refractivity contribution >= 4 is 17.6 Å². The maximum Gasteiger partial charge on any atom is 0.223 e. The number of hydrogen-bond donors (Lipinski definition) is 2. The van der Waals surface area contributed by atoms with Crippen LogP contribution in [0.15, 0.2) is 53.5 Å². The molecule has 2 aromatic rings. The molecule has 2 aliphatic rings. The van der Waals surface area contributed by atoms with Crippen LogP contribution in [0.1, 0.15) is 35.6 Å². The molecule has 140 valence electrons. The number of aliphatic imine (C=N–C) groups is 1. The van der Waals surface area contributed by atoms with E-state index in [1.807, 2.05) is 30.1 Å². The van der Waals surface area contributed by atoms with Gasteiger partial charge in [0, 0.05) is 31.6 Å². The van der Waals surface area contributed by atoms with Gasteiger partial charge in [0.25, 0.3) is 0 Å². The lowest BCUT2D eigenvalue weighted by Crippen LogP contribution is -2.27. The highest BCUT2D eigenvalue weighted by Crippen LogP contribution is 2.37. The Hall–Kier alpha value is -2.82. The molecule has 0 aromatic heterocycles. The van der Waals surface area contributed by atoms with E-state index < -0.39 is 0 Å². The van der Waals surface area contributed by atoms with Gasteiger partial charge < -0.3 is 16.0 Å². The summed E-state index contributed by atoms with van der Waals surface area (Å²) in [4.78, 5) is 18.6. The molecule has 5 heteroatoms. The van der Waals surface area contributed by atoms with E-state index in [1.165, 1.54) is 24.0 Å². The third-order valence-electron chi connectivity index (χ3n) is 5.70. The summed E-state index contributed by atoms with van der Waals surface area (Å²) in [5.41, 5.74) is 11.1. The average molecular weight is 362 g/mol. The van der Waals surface area contributed by atoms with Crippen molar-refractivity contribution in [2.75, 3.05) is 18.9 Å². The molecular weight excluding hydrogens is 336 g/mol. The predicted octanol–water partition coefficient (Wildman–Crippen LogP) is 3.12. The van der Waals surface area contributed by atoms with E-state index in [0.29, 0.717) is 18.9 Å². The highest BCUT2D eigenvalue weighted by molar-refractivity contribution is 5.92. The van der Waals surface area contributed by atoms with Crippen molar-refractivity contribution in [3.8, 4) is 0 Å². The Morgan fingerprint density at radius 1 is 1.19 bits per heavy atom. The van der Waals surface area contributed by atoms with E-state index >= 15 is 0 Å². The van der Waals surface area contributed by atoms with Crippen LogP contribution in [0.3, 0.4) is 0 Å². The summed E-state index contributed by atoms with van der Waals surface area (Å²) in [6.45, 7) is 0.527. The van der Waals surface area contributed by atoms with Gasteiger partial charge in [0.15, 0.2) is 5.96 Å². The van der Waals surface area contributed by atoms with Crippen molar-refractivity contribution in [3.63, 3.8) is 0 Å². The number of hydrogen-bond acceptors (Lipinski definition) is 2. The van der Waals surface area contributed by atoms with E-state index in [2.05, 4.69) is 40.6 Å². The van der Waals surface area contributed by atoms with E-state index in [-0.39, 0.29) is 17.9 Å². The summed E-state index contributed by atoms with van der Waals surface area (Å²) in [7, 11) is 1.87. The quantitative estimate of drug-likeness (QED) is 0.648. The fourth-order valence-electron chi connectivity index (χ4n) is 4.31. The Balaban J connectivity index is 1.45. The summed E-state index contributed by atoms with van der Waals surface area (Å²) < 4.78 is 0. The van der Waals surface area contributed by atoms with Gasteiger partial charge in [0.2, 0.25) is 5.91 Å². The number of aryl methyl sites for hydroxylation is 2. The first-order valence-corrected chi connectivity index (χ1v) is 9.61. The number of rotatable bonds is 4. The summed E-state index contributed by atoms with van der Waals surface area (Å²) in [5, 5.41) is 3.20. The molecule has 0 spiro atoms. The number of nitrogens with zero attached hydrogens (tertiary/aromatic N) is 2. The topological polar surface area (TPSA) is 70.7 Å². The van der Waals surface area contributed by atoms with E-state index in [0.717, 1.165) is 17.7 Å². The van der Waals surface area contributed by atoms with Crippen molar-refractivity contribution in [1.82, 2.24) is 4.90 Å². The molecule has 3 N–H and O–H groups in total. The second-order valence-corrected chi connectivity index (χ2v) is 7.51. The number of carbonyl (C=O) groups is 1. The fourth-order valence-corrected chi connectivity index (χ4v) is 4.31. The molecule has 5 nitrogen and oxygen atoms in total. The number of likely N-dealkylation sites (tertiary alicyclic amines) is 1. The first kappa shape index (κ1) is 17.6. The largest absolute Gasteiger partial charge is 0.370 e. The van der Waals surface area contributed by atoms with Gasteiger partial charge in [-0.25, -0.2) is 0 Å². The summed E-state index contributed by atoms with van der Waals surface area (Å²) in [5.74, 6) is 0.696. The first-order chi connectivity index (χ1) is 13.1. The number of anilines is 1. The number of guanidine groups is 1. The van der Waals surface area contributed by atoms with Crippen LogP contribution in [0, 0.1) is 5.92 Å². The molecule has 0 bridgehead atoms. The van der Waals surface area contributed by atoms with Gasteiger partial charge in [0.05, 0.1) is 6.04 Å². The lowest BCUT2D eigenvalue weighted by atomic mass is 9.94. The molecule has 27 heavy (non-hydrogen) atoms. The third kappa shape index (κ3) is 3.68. The van der Waals surface area contributed by atoms with Crippen LogP contribution in [0.4, 0.5) is 5.69 Å². The van der Waals surface area contributed by atoms with Crippen molar-refractivity contribution in [3.05, 3.63) is 65.2 Å². The third-order valence-corrected chi connectivity index (χ3v) is 5.70. The SMILES string of the molecule is CN1C(=O)CC(CN=C(N)Nc2ccc3c(c2)CCC3)C1c1ccccc1. The molecule has 0 radical (unpaired) electrons. The minimum Gasteiger partial charge on any atom is -0.370 e. The number of amides is 1. The molecule has 0 saturated carbocycles. The number of benzene rings is 2. The number of nitrogens with one attached hydrogen (secondary N) is 1. The molecule has 1 heterocycles. The monoisotopic (exact) mass is 362 g/mol. The summed E-state index contributed by atoms with van der Waals surface area (Å²) in [6.07, 6.45) is 4.04. The normalized spacial score (nSPS) is 22.2. The van der Waals surface area contributed by atoms with Gasteiger partial charge in [-0.15, -0.1) is 0 Å². The lowest BCUT2D eigenvalue weighted by molar-refractivity contribution is -0.127. The Morgan fingerprint density at radius 2 is 1.96 bits per heavy atom. The first-order valence-electron chi connectivity index (χ1n) is 9.61. The van der Waals surface area contributed by atoms with Crippen molar-refractivity contribution in [2.24, 2.45) is 16.6 Å². The van der Waals surface area contributed by atoms with Crippen molar-refractivity contribution in [2.45, 2.75) is 31.7 Å². The number of fused-ring (bicyclic) bond motifs is 1. The van der Waals surface area contributed by atoms with Gasteiger partial charge in [-0.1, -0.05) is 36.4 Å². The molecule has 2 unspecified atom stereocenters. The highest BCUT2D eigenvalue weighted by Gasteiger charge is 2.38. The van der Waals surface area contributed by atoms with Crippen LogP contribution in [0.25, 0.3) is 0 Å². The Bertz CT molecular complexity index is 862.